The second kappa shape index (κ2) is 8.06. The molecule has 0 saturated carbocycles. The molecule has 1 fully saturated rings. The average molecular weight is 348 g/mol. The van der Waals surface area contributed by atoms with E-state index in [1.54, 1.807) is 19.1 Å². The van der Waals surface area contributed by atoms with E-state index in [-0.39, 0.29) is 5.91 Å². The van der Waals surface area contributed by atoms with Gasteiger partial charge in [-0.15, -0.1) is 0 Å². The van der Waals surface area contributed by atoms with Crippen molar-refractivity contribution < 1.29 is 18.4 Å². The number of hydrogen-bond acceptors (Lipinski definition) is 6. The molecule has 3 rings (SSSR count). The number of anilines is 1. The van der Waals surface area contributed by atoms with Crippen LogP contribution in [-0.4, -0.2) is 48.9 Å². The van der Waals surface area contributed by atoms with Crippen LogP contribution in [0.5, 0.6) is 0 Å². The molecule has 0 radical (unpaired) electrons. The number of rotatable bonds is 6. The standard InChI is InChI=1S/C17H21FN4O3/c1-12-20-16(25-21-12)3-2-6-19-17(23)13-4-5-15(14(18)11-13)22-7-9-24-10-8-22/h4-5,11H,2-3,6-10H2,1H3,(H,19,23). The number of morpholine rings is 1. The number of halogens is 1. The molecule has 1 aliphatic rings. The first-order valence-corrected chi connectivity index (χ1v) is 8.33. The first-order chi connectivity index (χ1) is 12.1. The highest BCUT2D eigenvalue weighted by molar-refractivity contribution is 5.94. The van der Waals surface area contributed by atoms with E-state index in [0.717, 1.165) is 0 Å². The van der Waals surface area contributed by atoms with Gasteiger partial charge in [0.05, 0.1) is 18.9 Å². The number of nitrogens with zero attached hydrogens (tertiary/aromatic N) is 3. The highest BCUT2D eigenvalue weighted by Gasteiger charge is 2.16. The van der Waals surface area contributed by atoms with Crippen LogP contribution in [0.2, 0.25) is 0 Å². The molecule has 2 heterocycles. The van der Waals surface area contributed by atoms with Gasteiger partial charge in [0.15, 0.2) is 5.82 Å². The molecule has 1 amide bonds. The molecule has 1 aromatic carbocycles. The first-order valence-electron chi connectivity index (χ1n) is 8.33. The summed E-state index contributed by atoms with van der Waals surface area (Å²) in [6.07, 6.45) is 1.26. The Hall–Kier alpha value is -2.48. The van der Waals surface area contributed by atoms with Crippen molar-refractivity contribution in [3.05, 3.63) is 41.3 Å². The van der Waals surface area contributed by atoms with Gasteiger partial charge in [-0.2, -0.15) is 4.98 Å². The average Bonchev–Trinajstić information content (AvgIpc) is 3.04. The number of aryl methyl sites for hydroxylation is 2. The molecule has 0 atom stereocenters. The van der Waals surface area contributed by atoms with Crippen molar-refractivity contribution in [2.24, 2.45) is 0 Å². The predicted octanol–water partition coefficient (Wildman–Crippen LogP) is 1.72. The van der Waals surface area contributed by atoms with Crippen LogP contribution in [0.25, 0.3) is 0 Å². The lowest BCUT2D eigenvalue weighted by atomic mass is 10.1. The minimum atomic E-state index is -0.393. The van der Waals surface area contributed by atoms with Crippen molar-refractivity contribution >= 4 is 11.6 Å². The number of carbonyl (C=O) groups excluding carboxylic acids is 1. The van der Waals surface area contributed by atoms with E-state index in [4.69, 9.17) is 9.26 Å². The van der Waals surface area contributed by atoms with Crippen LogP contribution in [0.1, 0.15) is 28.5 Å². The summed E-state index contributed by atoms with van der Waals surface area (Å²) in [5.41, 5.74) is 0.815. The molecule has 8 heteroatoms. The van der Waals surface area contributed by atoms with Crippen molar-refractivity contribution in [1.29, 1.82) is 0 Å². The van der Waals surface area contributed by atoms with Gasteiger partial charge in [0.1, 0.15) is 5.82 Å². The maximum absolute atomic E-state index is 14.3. The van der Waals surface area contributed by atoms with Crippen LogP contribution in [0, 0.1) is 12.7 Å². The van der Waals surface area contributed by atoms with Crippen molar-refractivity contribution in [3.63, 3.8) is 0 Å². The van der Waals surface area contributed by atoms with Gasteiger partial charge < -0.3 is 19.5 Å². The van der Waals surface area contributed by atoms with Crippen LogP contribution in [0.15, 0.2) is 22.7 Å². The number of carbonyl (C=O) groups is 1. The molecular weight excluding hydrogens is 327 g/mol. The summed E-state index contributed by atoms with van der Waals surface area (Å²) in [6, 6.07) is 4.57. The van der Waals surface area contributed by atoms with Crippen LogP contribution < -0.4 is 10.2 Å². The zero-order valence-electron chi connectivity index (χ0n) is 14.1. The Kier molecular flexibility index (Phi) is 5.60. The number of nitrogens with one attached hydrogen (secondary N) is 1. The molecule has 0 unspecified atom stereocenters. The fraction of sp³-hybridized carbons (Fsp3) is 0.471. The Bertz CT molecular complexity index is 728. The van der Waals surface area contributed by atoms with E-state index >= 15 is 0 Å². The molecule has 0 spiro atoms. The van der Waals surface area contributed by atoms with Crippen molar-refractivity contribution in [2.45, 2.75) is 19.8 Å². The van der Waals surface area contributed by atoms with E-state index in [1.807, 2.05) is 4.90 Å². The first kappa shape index (κ1) is 17.3. The minimum Gasteiger partial charge on any atom is -0.378 e. The number of amides is 1. The summed E-state index contributed by atoms with van der Waals surface area (Å²) >= 11 is 0. The summed E-state index contributed by atoms with van der Waals surface area (Å²) < 4.78 is 24.6. The minimum absolute atomic E-state index is 0.297. The maximum Gasteiger partial charge on any atom is 0.251 e. The van der Waals surface area contributed by atoms with Gasteiger partial charge in [-0.1, -0.05) is 5.16 Å². The molecule has 0 aliphatic carbocycles. The normalized spacial score (nSPS) is 14.6. The third kappa shape index (κ3) is 4.54. The smallest absolute Gasteiger partial charge is 0.251 e. The van der Waals surface area contributed by atoms with Crippen molar-refractivity contribution in [1.82, 2.24) is 15.5 Å². The second-order valence-electron chi connectivity index (χ2n) is 5.86. The fourth-order valence-corrected chi connectivity index (χ4v) is 2.69. The highest BCUT2D eigenvalue weighted by Crippen LogP contribution is 2.21. The number of benzene rings is 1. The van der Waals surface area contributed by atoms with Crippen molar-refractivity contribution in [2.75, 3.05) is 37.7 Å². The number of aromatic nitrogens is 2. The van der Waals surface area contributed by atoms with Crippen molar-refractivity contribution in [3.8, 4) is 0 Å². The topological polar surface area (TPSA) is 80.5 Å². The summed E-state index contributed by atoms with van der Waals surface area (Å²) in [5, 5.41) is 6.48. The molecule has 134 valence electrons. The Morgan fingerprint density at radius 3 is 2.84 bits per heavy atom. The molecule has 2 aromatic rings. The third-order valence-electron chi connectivity index (χ3n) is 3.98. The number of ether oxygens (including phenoxy) is 1. The Morgan fingerprint density at radius 2 is 2.16 bits per heavy atom. The van der Waals surface area contributed by atoms with Crippen LogP contribution in [-0.2, 0) is 11.2 Å². The van der Waals surface area contributed by atoms with E-state index < -0.39 is 5.82 Å². The van der Waals surface area contributed by atoms with E-state index in [9.17, 15) is 9.18 Å². The van der Waals surface area contributed by atoms with E-state index in [0.29, 0.717) is 68.7 Å². The Morgan fingerprint density at radius 1 is 1.36 bits per heavy atom. The van der Waals surface area contributed by atoms with Gasteiger partial charge in [-0.3, -0.25) is 4.79 Å². The predicted molar refractivity (Wildman–Crippen MR) is 89.1 cm³/mol. The van der Waals surface area contributed by atoms with Gasteiger partial charge in [0.25, 0.3) is 5.91 Å². The summed E-state index contributed by atoms with van der Waals surface area (Å²) in [5.74, 6) is 0.451. The maximum atomic E-state index is 14.3. The summed E-state index contributed by atoms with van der Waals surface area (Å²) in [7, 11) is 0. The summed E-state index contributed by atoms with van der Waals surface area (Å²) in [6.45, 7) is 4.68. The zero-order chi connectivity index (χ0) is 17.6. The molecule has 25 heavy (non-hydrogen) atoms. The molecule has 0 bridgehead atoms. The molecule has 1 saturated heterocycles. The monoisotopic (exact) mass is 348 g/mol. The zero-order valence-corrected chi connectivity index (χ0v) is 14.1. The van der Waals surface area contributed by atoms with Gasteiger partial charge in [-0.25, -0.2) is 4.39 Å². The largest absolute Gasteiger partial charge is 0.378 e. The van der Waals surface area contributed by atoms with Gasteiger partial charge in [-0.05, 0) is 31.5 Å². The SMILES string of the molecule is Cc1noc(CCCNC(=O)c2ccc(N3CCOCC3)c(F)c2)n1. The van der Waals surface area contributed by atoms with E-state index in [2.05, 4.69) is 15.5 Å². The summed E-state index contributed by atoms with van der Waals surface area (Å²) in [4.78, 5) is 18.2. The highest BCUT2D eigenvalue weighted by atomic mass is 19.1. The Labute approximate surface area is 145 Å². The van der Waals surface area contributed by atoms with Crippen LogP contribution in [0.4, 0.5) is 10.1 Å². The van der Waals surface area contributed by atoms with Crippen LogP contribution >= 0.6 is 0 Å². The van der Waals surface area contributed by atoms with Crippen LogP contribution in [0.3, 0.4) is 0 Å². The lowest BCUT2D eigenvalue weighted by Crippen LogP contribution is -2.36. The number of hydrogen-bond donors (Lipinski definition) is 1. The molecular formula is C17H21FN4O3. The van der Waals surface area contributed by atoms with Gasteiger partial charge in [0.2, 0.25) is 5.89 Å². The van der Waals surface area contributed by atoms with Gasteiger partial charge in [0, 0.05) is 31.6 Å². The Balaban J connectivity index is 1.50. The molecule has 1 aliphatic heterocycles. The quantitative estimate of drug-likeness (QED) is 0.801. The van der Waals surface area contributed by atoms with E-state index in [1.165, 1.54) is 6.07 Å². The molecule has 1 N–H and O–H groups in total. The lowest BCUT2D eigenvalue weighted by molar-refractivity contribution is 0.0952. The molecule has 7 nitrogen and oxygen atoms in total. The fourth-order valence-electron chi connectivity index (χ4n) is 2.69. The lowest BCUT2D eigenvalue weighted by Gasteiger charge is -2.29. The van der Waals surface area contributed by atoms with Gasteiger partial charge >= 0.3 is 0 Å². The third-order valence-corrected chi connectivity index (χ3v) is 3.98. The second-order valence-corrected chi connectivity index (χ2v) is 5.86. The molecule has 1 aromatic heterocycles.